The summed E-state index contributed by atoms with van der Waals surface area (Å²) in [5, 5.41) is 2.17. The number of hydrogen-bond acceptors (Lipinski definition) is 4. The van der Waals surface area contributed by atoms with Crippen LogP contribution in [0.2, 0.25) is 0 Å². The molecule has 1 N–H and O–H groups in total. The largest absolute Gasteiger partial charge is 0.460 e. The number of amidine groups is 1. The first-order valence-electron chi connectivity index (χ1n) is 6.26. The van der Waals surface area contributed by atoms with E-state index in [1.165, 1.54) is 12.1 Å². The van der Waals surface area contributed by atoms with Gasteiger partial charge in [-0.25, -0.2) is 10.1 Å². The fourth-order valence-corrected chi connectivity index (χ4v) is 1.73. The number of alkyl carbamates (subject to hydrolysis) is 1. The maximum Gasteiger partial charge on any atom is 0.418 e. The molecule has 1 aliphatic heterocycles. The molecule has 21 heavy (non-hydrogen) atoms. The molecular weight excluding hydrogens is 289 g/mol. The number of fused-ring (bicyclic) bond motifs is 1. The van der Waals surface area contributed by atoms with Crippen molar-refractivity contribution in [3.05, 3.63) is 29.3 Å². The Kier molecular flexibility index (Phi) is 4.35. The molecule has 0 fully saturated rings. The first-order chi connectivity index (χ1) is 9.91. The van der Waals surface area contributed by atoms with Gasteiger partial charge >= 0.3 is 12.3 Å². The summed E-state index contributed by atoms with van der Waals surface area (Å²) in [5.41, 5.74) is -0.816. The maximum atomic E-state index is 12.9. The van der Waals surface area contributed by atoms with E-state index in [9.17, 15) is 18.0 Å². The van der Waals surface area contributed by atoms with Crippen LogP contribution in [0.25, 0.3) is 0 Å². The summed E-state index contributed by atoms with van der Waals surface area (Å²) in [5.74, 6) is 0. The number of hydrogen-bond donors (Lipinski definition) is 1. The van der Waals surface area contributed by atoms with Crippen LogP contribution in [-0.4, -0.2) is 18.7 Å². The van der Waals surface area contributed by atoms with Crippen molar-refractivity contribution in [1.29, 1.82) is 0 Å². The van der Waals surface area contributed by atoms with Gasteiger partial charge in [-0.05, 0) is 12.5 Å². The molecule has 0 spiro atoms. The second kappa shape index (κ2) is 6.02. The van der Waals surface area contributed by atoms with Crippen LogP contribution in [0, 0.1) is 0 Å². The van der Waals surface area contributed by atoms with E-state index in [0.717, 1.165) is 6.07 Å². The fraction of sp³-hybridized carbons (Fsp3) is 0.385. The van der Waals surface area contributed by atoms with E-state index in [4.69, 9.17) is 9.47 Å². The van der Waals surface area contributed by atoms with Gasteiger partial charge in [0.15, 0.2) is 0 Å². The summed E-state index contributed by atoms with van der Waals surface area (Å²) < 4.78 is 48.6. The zero-order valence-corrected chi connectivity index (χ0v) is 11.2. The smallest absolute Gasteiger partial charge is 0.418 e. The summed E-state index contributed by atoms with van der Waals surface area (Å²) >= 11 is 0. The van der Waals surface area contributed by atoms with Crippen molar-refractivity contribution < 1.29 is 27.4 Å². The lowest BCUT2D eigenvalue weighted by molar-refractivity contribution is -0.137. The van der Waals surface area contributed by atoms with Gasteiger partial charge in [-0.3, -0.25) is 0 Å². The number of amides is 1. The molecular formula is C13H13F3N2O3. The molecule has 2 rings (SSSR count). The molecule has 1 aliphatic rings. The maximum absolute atomic E-state index is 12.9. The van der Waals surface area contributed by atoms with Crippen LogP contribution in [0.1, 0.15) is 24.5 Å². The highest BCUT2D eigenvalue weighted by molar-refractivity contribution is 5.93. The van der Waals surface area contributed by atoms with E-state index in [-0.39, 0.29) is 24.9 Å². The third kappa shape index (κ3) is 3.65. The van der Waals surface area contributed by atoms with E-state index in [2.05, 4.69) is 10.3 Å². The minimum Gasteiger partial charge on any atom is -0.460 e. The van der Waals surface area contributed by atoms with E-state index in [1.807, 2.05) is 6.92 Å². The van der Waals surface area contributed by atoms with E-state index >= 15 is 0 Å². The quantitative estimate of drug-likeness (QED) is 0.911. The number of aliphatic imine (C=N–C) groups is 1. The Hall–Kier alpha value is -2.25. The molecule has 1 aromatic carbocycles. The number of nitrogens with one attached hydrogen (secondary N) is 1. The summed E-state index contributed by atoms with van der Waals surface area (Å²) in [6, 6.07) is 3.40. The van der Waals surface area contributed by atoms with Crippen molar-refractivity contribution in [2.24, 2.45) is 4.99 Å². The number of ether oxygens (including phenoxy) is 2. The average molecular weight is 302 g/mol. The van der Waals surface area contributed by atoms with Gasteiger partial charge < -0.3 is 9.47 Å². The van der Waals surface area contributed by atoms with Crippen LogP contribution < -0.4 is 5.32 Å². The van der Waals surface area contributed by atoms with Crippen molar-refractivity contribution in [3.63, 3.8) is 0 Å². The number of alkyl halides is 3. The van der Waals surface area contributed by atoms with Gasteiger partial charge in [0.25, 0.3) is 6.02 Å². The number of nitrogens with zero attached hydrogens (tertiary/aromatic N) is 1. The highest BCUT2D eigenvalue weighted by Gasteiger charge is 2.35. The summed E-state index contributed by atoms with van der Waals surface area (Å²) in [4.78, 5) is 15.1. The molecule has 0 atom stereocenters. The van der Waals surface area contributed by atoms with Gasteiger partial charge in [0, 0.05) is 5.56 Å². The van der Waals surface area contributed by atoms with Crippen LogP contribution in [0.3, 0.4) is 0 Å². The molecule has 5 nitrogen and oxygen atoms in total. The predicted octanol–water partition coefficient (Wildman–Crippen LogP) is 3.36. The van der Waals surface area contributed by atoms with Gasteiger partial charge in [-0.1, -0.05) is 19.1 Å². The predicted molar refractivity (Wildman–Crippen MR) is 68.1 cm³/mol. The van der Waals surface area contributed by atoms with E-state index < -0.39 is 17.8 Å². The monoisotopic (exact) mass is 302 g/mol. The van der Waals surface area contributed by atoms with Crippen LogP contribution in [0.4, 0.5) is 23.7 Å². The Balaban J connectivity index is 2.23. The Labute approximate surface area is 118 Å². The number of para-hydroxylation sites is 1. The number of halogens is 3. The molecule has 1 aromatic rings. The fourth-order valence-electron chi connectivity index (χ4n) is 1.73. The minimum atomic E-state index is -4.53. The van der Waals surface area contributed by atoms with Gasteiger partial charge in [-0.2, -0.15) is 18.2 Å². The Morgan fingerprint density at radius 2 is 2.24 bits per heavy atom. The second-order valence-corrected chi connectivity index (χ2v) is 4.28. The van der Waals surface area contributed by atoms with Gasteiger partial charge in [0.05, 0.1) is 17.9 Å². The minimum absolute atomic E-state index is 0.105. The lowest BCUT2D eigenvalue weighted by Crippen LogP contribution is -2.34. The molecule has 0 aromatic heterocycles. The Bertz CT molecular complexity index is 570. The molecule has 114 valence electrons. The van der Waals surface area contributed by atoms with E-state index in [0.29, 0.717) is 12.0 Å². The van der Waals surface area contributed by atoms with Gasteiger partial charge in [0.2, 0.25) is 0 Å². The summed E-state index contributed by atoms with van der Waals surface area (Å²) in [6.07, 6.45) is -4.72. The van der Waals surface area contributed by atoms with Gasteiger partial charge in [0.1, 0.15) is 6.61 Å². The van der Waals surface area contributed by atoms with Crippen LogP contribution >= 0.6 is 0 Å². The van der Waals surface area contributed by atoms with Crippen LogP contribution in [-0.2, 0) is 22.3 Å². The normalized spacial score (nSPS) is 13.8. The van der Waals surface area contributed by atoms with Crippen LogP contribution in [0.5, 0.6) is 0 Å². The topological polar surface area (TPSA) is 59.9 Å². The third-order valence-corrected chi connectivity index (χ3v) is 2.65. The van der Waals surface area contributed by atoms with Crippen molar-refractivity contribution in [2.75, 3.05) is 6.61 Å². The van der Waals surface area contributed by atoms with Crippen molar-refractivity contribution in [1.82, 2.24) is 5.32 Å². The average Bonchev–Trinajstić information content (AvgIpc) is 2.43. The lowest BCUT2D eigenvalue weighted by atomic mass is 10.1. The SMILES string of the molecule is CCCOC(=O)NC1=Nc2c(cccc2C(F)(F)F)CO1. The molecule has 0 saturated carbocycles. The van der Waals surface area contributed by atoms with Crippen molar-refractivity contribution >= 4 is 17.8 Å². The third-order valence-electron chi connectivity index (χ3n) is 2.65. The Morgan fingerprint density at radius 1 is 1.48 bits per heavy atom. The molecule has 8 heteroatoms. The van der Waals surface area contributed by atoms with Crippen molar-refractivity contribution in [3.8, 4) is 0 Å². The molecule has 0 unspecified atom stereocenters. The number of carbonyl (C=O) groups excluding carboxylic acids is 1. The molecule has 1 heterocycles. The number of carbonyl (C=O) groups is 1. The first-order valence-corrected chi connectivity index (χ1v) is 6.26. The lowest BCUT2D eigenvalue weighted by Gasteiger charge is -2.20. The molecule has 0 bridgehead atoms. The molecule has 0 saturated heterocycles. The number of rotatable bonds is 2. The second-order valence-electron chi connectivity index (χ2n) is 4.28. The number of benzene rings is 1. The molecule has 1 amide bonds. The zero-order valence-electron chi connectivity index (χ0n) is 11.2. The van der Waals surface area contributed by atoms with Crippen molar-refractivity contribution in [2.45, 2.75) is 26.1 Å². The summed E-state index contributed by atoms with van der Waals surface area (Å²) in [7, 11) is 0. The van der Waals surface area contributed by atoms with E-state index in [1.54, 1.807) is 0 Å². The highest BCUT2D eigenvalue weighted by Crippen LogP contribution is 2.39. The Morgan fingerprint density at radius 3 is 2.90 bits per heavy atom. The zero-order chi connectivity index (χ0) is 15.5. The summed E-state index contributed by atoms with van der Waals surface area (Å²) in [6.45, 7) is 1.91. The molecule has 0 aliphatic carbocycles. The standard InChI is InChI=1S/C13H13F3N2O3/c1-2-6-20-12(19)18-11-17-10-8(7-21-11)4-3-5-9(10)13(14,15)16/h3-5H,2,6-7H2,1H3,(H,17,18,19). The van der Waals surface area contributed by atoms with Crippen LogP contribution in [0.15, 0.2) is 23.2 Å². The highest BCUT2D eigenvalue weighted by atomic mass is 19.4. The molecule has 0 radical (unpaired) electrons. The van der Waals surface area contributed by atoms with Gasteiger partial charge in [-0.15, -0.1) is 0 Å². The first kappa shape index (κ1) is 15.1.